The first kappa shape index (κ1) is 13.2. The van der Waals surface area contributed by atoms with Crippen LogP contribution in [0.2, 0.25) is 24.7 Å². The van der Waals surface area contributed by atoms with Crippen molar-refractivity contribution in [1.29, 1.82) is 5.26 Å². The van der Waals surface area contributed by atoms with E-state index in [-0.39, 0.29) is 0 Å². The van der Waals surface area contributed by atoms with E-state index in [0.717, 1.165) is 5.56 Å². The summed E-state index contributed by atoms with van der Waals surface area (Å²) in [7, 11) is -1.77. The molecule has 0 aromatic heterocycles. The molecule has 1 aromatic rings. The molecule has 0 aliphatic rings. The summed E-state index contributed by atoms with van der Waals surface area (Å²) in [6.45, 7) is 8.00. The van der Waals surface area contributed by atoms with Crippen LogP contribution in [0.1, 0.15) is 12.5 Å². The molecule has 2 nitrogen and oxygen atoms in total. The van der Waals surface area contributed by atoms with Crippen LogP contribution < -0.4 is 0 Å². The molecule has 0 saturated heterocycles. The van der Waals surface area contributed by atoms with E-state index < -0.39 is 13.9 Å². The van der Waals surface area contributed by atoms with Crippen LogP contribution in [0, 0.1) is 11.3 Å². The van der Waals surface area contributed by atoms with Gasteiger partial charge in [0.15, 0.2) is 13.9 Å². The Morgan fingerprint density at radius 3 is 2.12 bits per heavy atom. The topological polar surface area (TPSA) is 33.0 Å². The fourth-order valence-electron chi connectivity index (χ4n) is 1.53. The van der Waals surface area contributed by atoms with Crippen molar-refractivity contribution in [2.24, 2.45) is 0 Å². The Labute approximate surface area is 103 Å². The molecule has 16 heavy (non-hydrogen) atoms. The molecule has 1 unspecified atom stereocenters. The molecule has 0 fully saturated rings. The van der Waals surface area contributed by atoms with Gasteiger partial charge in [-0.05, 0) is 44.3 Å². The second-order valence-corrected chi connectivity index (χ2v) is 9.73. The first-order valence-corrected chi connectivity index (χ1v) is 8.93. The summed E-state index contributed by atoms with van der Waals surface area (Å²) in [5, 5.41) is 9.95. The molecule has 0 amide bonds. The summed E-state index contributed by atoms with van der Waals surface area (Å²) in [5.41, 5.74) is -0.0310. The van der Waals surface area contributed by atoms with E-state index in [0.29, 0.717) is 5.02 Å². The number of rotatable bonds is 3. The summed E-state index contributed by atoms with van der Waals surface area (Å²) < 4.78 is 5.94. The van der Waals surface area contributed by atoms with Gasteiger partial charge in [-0.25, -0.2) is 0 Å². The van der Waals surface area contributed by atoms with Crippen LogP contribution >= 0.6 is 11.6 Å². The summed E-state index contributed by atoms with van der Waals surface area (Å²) in [6.07, 6.45) is 0. The average Bonchev–Trinajstić information content (AvgIpc) is 2.16. The quantitative estimate of drug-likeness (QED) is 0.765. The second-order valence-electron chi connectivity index (χ2n) is 4.87. The van der Waals surface area contributed by atoms with Gasteiger partial charge in [-0.15, -0.1) is 0 Å². The molecule has 86 valence electrons. The summed E-state index contributed by atoms with van der Waals surface area (Å²) in [6, 6.07) is 9.47. The third kappa shape index (κ3) is 3.34. The van der Waals surface area contributed by atoms with Crippen LogP contribution in [-0.2, 0) is 10.0 Å². The molecule has 0 bridgehead atoms. The van der Waals surface area contributed by atoms with E-state index in [1.807, 2.05) is 12.1 Å². The lowest BCUT2D eigenvalue weighted by Crippen LogP contribution is -2.37. The molecule has 1 aromatic carbocycles. The zero-order valence-corrected chi connectivity index (χ0v) is 11.8. The van der Waals surface area contributed by atoms with Crippen molar-refractivity contribution in [2.45, 2.75) is 32.2 Å². The lowest BCUT2D eigenvalue weighted by Gasteiger charge is -2.30. The van der Waals surface area contributed by atoms with Gasteiger partial charge >= 0.3 is 0 Å². The van der Waals surface area contributed by atoms with Gasteiger partial charge in [0.25, 0.3) is 0 Å². The monoisotopic (exact) mass is 253 g/mol. The van der Waals surface area contributed by atoms with E-state index in [1.165, 1.54) is 0 Å². The van der Waals surface area contributed by atoms with Gasteiger partial charge in [-0.1, -0.05) is 23.7 Å². The van der Waals surface area contributed by atoms with E-state index in [9.17, 15) is 5.26 Å². The van der Waals surface area contributed by atoms with E-state index >= 15 is 0 Å². The molecular weight excluding hydrogens is 238 g/mol. The van der Waals surface area contributed by atoms with Crippen LogP contribution in [0.3, 0.4) is 0 Å². The van der Waals surface area contributed by atoms with Gasteiger partial charge in [-0.3, -0.25) is 0 Å². The number of halogens is 1. The van der Waals surface area contributed by atoms with Crippen molar-refractivity contribution in [3.8, 4) is 6.07 Å². The Kier molecular flexibility index (Phi) is 3.79. The Morgan fingerprint density at radius 2 is 1.75 bits per heavy atom. The number of hydrogen-bond donors (Lipinski definition) is 0. The highest BCUT2D eigenvalue weighted by Crippen LogP contribution is 2.29. The maximum Gasteiger partial charge on any atom is 0.186 e. The third-order valence-corrected chi connectivity index (χ3v) is 3.39. The average molecular weight is 254 g/mol. The van der Waals surface area contributed by atoms with Crippen LogP contribution in [0.4, 0.5) is 0 Å². The molecule has 0 N–H and O–H groups in total. The molecule has 0 heterocycles. The highest BCUT2D eigenvalue weighted by Gasteiger charge is 2.33. The molecule has 0 aliphatic heterocycles. The number of benzene rings is 1. The Balaban J connectivity index is 3.06. The van der Waals surface area contributed by atoms with Crippen molar-refractivity contribution in [3.05, 3.63) is 34.9 Å². The van der Waals surface area contributed by atoms with Gasteiger partial charge in [0.2, 0.25) is 0 Å². The summed E-state index contributed by atoms with van der Waals surface area (Å²) >= 11 is 5.82. The SMILES string of the molecule is CC(C#N)(O[Si](C)(C)C)c1ccc(Cl)cc1. The molecule has 0 saturated carbocycles. The van der Waals surface area contributed by atoms with Crippen molar-refractivity contribution >= 4 is 19.9 Å². The second kappa shape index (κ2) is 4.58. The fraction of sp³-hybridized carbons (Fsp3) is 0.417. The van der Waals surface area contributed by atoms with Crippen LogP contribution in [0.15, 0.2) is 24.3 Å². The number of hydrogen-bond acceptors (Lipinski definition) is 2. The standard InChI is InChI=1S/C12H16ClNOSi/c1-12(9-14,15-16(2,3)4)10-5-7-11(13)8-6-10/h5-8H,1-4H3. The smallest absolute Gasteiger partial charge is 0.186 e. The normalized spacial score (nSPS) is 15.2. The van der Waals surface area contributed by atoms with Crippen molar-refractivity contribution < 1.29 is 4.43 Å². The first-order chi connectivity index (χ1) is 7.27. The zero-order valence-electron chi connectivity index (χ0n) is 10.0. The minimum atomic E-state index is -1.77. The van der Waals surface area contributed by atoms with Crippen LogP contribution in [0.25, 0.3) is 0 Å². The lowest BCUT2D eigenvalue weighted by atomic mass is 9.98. The van der Waals surface area contributed by atoms with Gasteiger partial charge < -0.3 is 4.43 Å². The highest BCUT2D eigenvalue weighted by atomic mass is 35.5. The van der Waals surface area contributed by atoms with E-state index in [1.54, 1.807) is 19.1 Å². The lowest BCUT2D eigenvalue weighted by molar-refractivity contribution is 0.141. The van der Waals surface area contributed by atoms with Gasteiger partial charge in [0.1, 0.15) is 6.07 Å². The molecule has 0 spiro atoms. The van der Waals surface area contributed by atoms with Crippen molar-refractivity contribution in [2.75, 3.05) is 0 Å². The predicted molar refractivity (Wildman–Crippen MR) is 68.8 cm³/mol. The molecule has 0 aliphatic carbocycles. The van der Waals surface area contributed by atoms with E-state index in [4.69, 9.17) is 16.0 Å². The zero-order chi connectivity index (χ0) is 12.4. The van der Waals surface area contributed by atoms with Crippen LogP contribution in [0.5, 0.6) is 0 Å². The Morgan fingerprint density at radius 1 is 1.25 bits per heavy atom. The largest absolute Gasteiger partial charge is 0.397 e. The minimum absolute atomic E-state index is 0.664. The maximum absolute atomic E-state index is 9.29. The Bertz CT molecular complexity index is 405. The Hall–Kier alpha value is -0.823. The molecule has 4 heteroatoms. The van der Waals surface area contributed by atoms with Crippen LogP contribution in [-0.4, -0.2) is 8.32 Å². The van der Waals surface area contributed by atoms with Gasteiger partial charge in [-0.2, -0.15) is 5.26 Å². The van der Waals surface area contributed by atoms with Gasteiger partial charge in [0.05, 0.1) is 0 Å². The third-order valence-electron chi connectivity index (χ3n) is 2.12. The van der Waals surface area contributed by atoms with E-state index in [2.05, 4.69) is 25.7 Å². The summed E-state index contributed by atoms with van der Waals surface area (Å²) in [4.78, 5) is 0. The van der Waals surface area contributed by atoms with Crippen molar-refractivity contribution in [1.82, 2.24) is 0 Å². The molecular formula is C12H16ClNOSi. The fourth-order valence-corrected chi connectivity index (χ4v) is 3.04. The minimum Gasteiger partial charge on any atom is -0.397 e. The molecule has 1 atom stereocenters. The number of nitriles is 1. The summed E-state index contributed by atoms with van der Waals surface area (Å²) in [5.74, 6) is 0. The highest BCUT2D eigenvalue weighted by molar-refractivity contribution is 6.69. The molecule has 1 rings (SSSR count). The number of nitrogens with zero attached hydrogens (tertiary/aromatic N) is 1. The molecule has 0 radical (unpaired) electrons. The van der Waals surface area contributed by atoms with Gasteiger partial charge in [0, 0.05) is 5.02 Å². The first-order valence-electron chi connectivity index (χ1n) is 5.14. The van der Waals surface area contributed by atoms with Crippen molar-refractivity contribution in [3.63, 3.8) is 0 Å². The maximum atomic E-state index is 9.29. The predicted octanol–water partition coefficient (Wildman–Crippen LogP) is 3.93.